The van der Waals surface area contributed by atoms with E-state index in [1.54, 1.807) is 6.20 Å². The van der Waals surface area contributed by atoms with E-state index in [0.717, 1.165) is 17.8 Å². The number of aromatic nitrogens is 1. The van der Waals surface area contributed by atoms with E-state index in [0.29, 0.717) is 11.8 Å². The molecule has 1 rings (SSSR count). The summed E-state index contributed by atoms with van der Waals surface area (Å²) < 4.78 is 0. The average Bonchev–Trinajstić information content (AvgIpc) is 2.15. The summed E-state index contributed by atoms with van der Waals surface area (Å²) in [7, 11) is 0. The second-order valence-electron chi connectivity index (χ2n) is 3.84. The van der Waals surface area contributed by atoms with Gasteiger partial charge in [-0.15, -0.1) is 0 Å². The Labute approximate surface area is 85.1 Å². The first-order valence-electron chi connectivity index (χ1n) is 4.82. The van der Waals surface area contributed by atoms with Gasteiger partial charge in [-0.2, -0.15) is 0 Å². The van der Waals surface area contributed by atoms with Gasteiger partial charge >= 0.3 is 0 Å². The summed E-state index contributed by atoms with van der Waals surface area (Å²) in [6.45, 7) is 6.97. The van der Waals surface area contributed by atoms with Crippen LogP contribution in [0.15, 0.2) is 23.3 Å². The minimum atomic E-state index is 0.527. The summed E-state index contributed by atoms with van der Waals surface area (Å²) in [4.78, 5) is 8.46. The largest absolute Gasteiger partial charge is 0.382 e. The Morgan fingerprint density at radius 1 is 1.50 bits per heavy atom. The number of aliphatic imine (C=N–C) groups is 1. The number of rotatable bonds is 3. The fourth-order valence-electron chi connectivity index (χ4n) is 0.981. The predicted molar refractivity (Wildman–Crippen MR) is 59.4 cm³/mol. The third-order valence-corrected chi connectivity index (χ3v) is 1.80. The lowest BCUT2D eigenvalue weighted by molar-refractivity contribution is 0.665. The maximum atomic E-state index is 5.78. The zero-order valence-corrected chi connectivity index (χ0v) is 8.99. The average molecular weight is 191 g/mol. The van der Waals surface area contributed by atoms with E-state index < -0.39 is 0 Å². The van der Waals surface area contributed by atoms with Gasteiger partial charge in [0.25, 0.3) is 0 Å². The van der Waals surface area contributed by atoms with Crippen molar-refractivity contribution >= 4 is 5.84 Å². The standard InChI is InChI=1S/C11H17N3/c1-8(2)6-14-11(12)10-5-4-9(3)7-13-10/h4-5,7-8H,6H2,1-3H3,(H2,12,14). The highest BCUT2D eigenvalue weighted by Crippen LogP contribution is 1.99. The normalized spacial score (nSPS) is 12.1. The third-order valence-electron chi connectivity index (χ3n) is 1.80. The quantitative estimate of drug-likeness (QED) is 0.584. The molecule has 0 aromatic carbocycles. The molecule has 1 aromatic rings. The lowest BCUT2D eigenvalue weighted by atomic mass is 10.2. The predicted octanol–water partition coefficient (Wildman–Crippen LogP) is 1.75. The summed E-state index contributed by atoms with van der Waals surface area (Å²) in [5.41, 5.74) is 7.67. The highest BCUT2D eigenvalue weighted by molar-refractivity contribution is 5.95. The van der Waals surface area contributed by atoms with Crippen molar-refractivity contribution in [3.05, 3.63) is 29.6 Å². The highest BCUT2D eigenvalue weighted by atomic mass is 14.9. The summed E-state index contributed by atoms with van der Waals surface area (Å²) in [6, 6.07) is 3.88. The molecule has 0 spiro atoms. The maximum absolute atomic E-state index is 5.78. The van der Waals surface area contributed by atoms with Crippen molar-refractivity contribution in [3.63, 3.8) is 0 Å². The van der Waals surface area contributed by atoms with Crippen LogP contribution in [0.4, 0.5) is 0 Å². The van der Waals surface area contributed by atoms with Crippen LogP contribution in [0.2, 0.25) is 0 Å². The summed E-state index contributed by atoms with van der Waals surface area (Å²) in [5, 5.41) is 0. The monoisotopic (exact) mass is 191 g/mol. The van der Waals surface area contributed by atoms with Gasteiger partial charge in [-0.1, -0.05) is 19.9 Å². The Morgan fingerprint density at radius 3 is 2.71 bits per heavy atom. The van der Waals surface area contributed by atoms with Crippen LogP contribution in [-0.4, -0.2) is 17.4 Å². The Bertz CT molecular complexity index is 312. The summed E-state index contributed by atoms with van der Waals surface area (Å²) in [5.74, 6) is 1.05. The van der Waals surface area contributed by atoms with Crippen LogP contribution in [0, 0.1) is 12.8 Å². The molecular formula is C11H17N3. The van der Waals surface area contributed by atoms with Crippen molar-refractivity contribution in [2.45, 2.75) is 20.8 Å². The zero-order chi connectivity index (χ0) is 10.6. The molecule has 3 heteroatoms. The van der Waals surface area contributed by atoms with Crippen LogP contribution in [0.5, 0.6) is 0 Å². The Morgan fingerprint density at radius 2 is 2.21 bits per heavy atom. The number of amidine groups is 1. The van der Waals surface area contributed by atoms with Crippen molar-refractivity contribution in [2.24, 2.45) is 16.6 Å². The van der Waals surface area contributed by atoms with Gasteiger partial charge in [-0.05, 0) is 24.5 Å². The molecule has 0 saturated carbocycles. The van der Waals surface area contributed by atoms with Crippen molar-refractivity contribution in [2.75, 3.05) is 6.54 Å². The van der Waals surface area contributed by atoms with Gasteiger partial charge in [0.05, 0.1) is 0 Å². The third kappa shape index (κ3) is 3.17. The number of pyridine rings is 1. The SMILES string of the molecule is Cc1ccc(C(N)=NCC(C)C)nc1. The van der Waals surface area contributed by atoms with Crippen LogP contribution < -0.4 is 5.73 Å². The van der Waals surface area contributed by atoms with Gasteiger partial charge in [-0.3, -0.25) is 9.98 Å². The molecule has 0 aliphatic rings. The first-order valence-corrected chi connectivity index (χ1v) is 4.82. The minimum Gasteiger partial charge on any atom is -0.382 e. The first-order chi connectivity index (χ1) is 6.59. The fraction of sp³-hybridized carbons (Fsp3) is 0.455. The smallest absolute Gasteiger partial charge is 0.144 e. The van der Waals surface area contributed by atoms with Crippen LogP contribution >= 0.6 is 0 Å². The summed E-state index contributed by atoms with van der Waals surface area (Å²) >= 11 is 0. The molecule has 0 saturated heterocycles. The zero-order valence-electron chi connectivity index (χ0n) is 8.99. The molecule has 14 heavy (non-hydrogen) atoms. The lowest BCUT2D eigenvalue weighted by Crippen LogP contribution is -2.16. The number of nitrogens with two attached hydrogens (primary N) is 1. The van der Waals surface area contributed by atoms with E-state index >= 15 is 0 Å². The van der Waals surface area contributed by atoms with E-state index in [2.05, 4.69) is 23.8 Å². The van der Waals surface area contributed by atoms with Crippen LogP contribution in [0.3, 0.4) is 0 Å². The molecule has 3 nitrogen and oxygen atoms in total. The van der Waals surface area contributed by atoms with E-state index in [9.17, 15) is 0 Å². The summed E-state index contributed by atoms with van der Waals surface area (Å²) in [6.07, 6.45) is 1.80. The molecular weight excluding hydrogens is 174 g/mol. The van der Waals surface area contributed by atoms with Gasteiger partial charge in [0.15, 0.2) is 0 Å². The molecule has 0 radical (unpaired) electrons. The number of hydrogen-bond donors (Lipinski definition) is 1. The molecule has 1 heterocycles. The number of aryl methyl sites for hydroxylation is 1. The highest BCUT2D eigenvalue weighted by Gasteiger charge is 1.99. The molecule has 0 amide bonds. The van der Waals surface area contributed by atoms with E-state index in [1.807, 2.05) is 19.1 Å². The van der Waals surface area contributed by atoms with Gasteiger partial charge in [0, 0.05) is 12.7 Å². The van der Waals surface area contributed by atoms with E-state index in [-0.39, 0.29) is 0 Å². The Balaban J connectivity index is 2.73. The van der Waals surface area contributed by atoms with Crippen LogP contribution in [0.25, 0.3) is 0 Å². The van der Waals surface area contributed by atoms with Crippen LogP contribution in [-0.2, 0) is 0 Å². The van der Waals surface area contributed by atoms with Crippen molar-refractivity contribution < 1.29 is 0 Å². The van der Waals surface area contributed by atoms with Crippen molar-refractivity contribution in [1.29, 1.82) is 0 Å². The number of nitrogens with zero attached hydrogens (tertiary/aromatic N) is 2. The minimum absolute atomic E-state index is 0.527. The molecule has 1 aromatic heterocycles. The van der Waals surface area contributed by atoms with E-state index in [1.165, 1.54) is 0 Å². The van der Waals surface area contributed by atoms with E-state index in [4.69, 9.17) is 5.73 Å². The molecule has 0 bridgehead atoms. The van der Waals surface area contributed by atoms with Crippen LogP contribution in [0.1, 0.15) is 25.1 Å². The molecule has 0 aliphatic carbocycles. The molecule has 76 valence electrons. The van der Waals surface area contributed by atoms with Gasteiger partial charge in [0.1, 0.15) is 11.5 Å². The molecule has 0 aliphatic heterocycles. The van der Waals surface area contributed by atoms with Crippen molar-refractivity contribution in [3.8, 4) is 0 Å². The van der Waals surface area contributed by atoms with Crippen molar-refractivity contribution in [1.82, 2.24) is 4.98 Å². The molecule has 0 atom stereocenters. The molecule has 2 N–H and O–H groups in total. The first kappa shape index (κ1) is 10.7. The van der Waals surface area contributed by atoms with Gasteiger partial charge in [-0.25, -0.2) is 0 Å². The maximum Gasteiger partial charge on any atom is 0.144 e. The molecule has 0 fully saturated rings. The topological polar surface area (TPSA) is 51.3 Å². The number of hydrogen-bond acceptors (Lipinski definition) is 2. The Kier molecular flexibility index (Phi) is 3.63. The van der Waals surface area contributed by atoms with Gasteiger partial charge in [0.2, 0.25) is 0 Å². The lowest BCUT2D eigenvalue weighted by Gasteiger charge is -2.02. The second-order valence-corrected chi connectivity index (χ2v) is 3.84. The second kappa shape index (κ2) is 4.74. The fourth-order valence-corrected chi connectivity index (χ4v) is 0.981. The Hall–Kier alpha value is -1.38. The molecule has 0 unspecified atom stereocenters. The van der Waals surface area contributed by atoms with Gasteiger partial charge < -0.3 is 5.73 Å².